The molecule has 0 aromatic heterocycles. The summed E-state index contributed by atoms with van der Waals surface area (Å²) < 4.78 is 0. The van der Waals surface area contributed by atoms with E-state index in [2.05, 4.69) is 20.8 Å². The molecule has 2 rings (SSSR count). The van der Waals surface area contributed by atoms with Gasteiger partial charge >= 0.3 is 0 Å². The molecule has 38 heavy (non-hydrogen) atoms. The lowest BCUT2D eigenvalue weighted by Gasteiger charge is -2.27. The molecule has 0 amide bonds. The van der Waals surface area contributed by atoms with Crippen molar-refractivity contribution in [1.29, 1.82) is 0 Å². The average molecular weight is 547 g/mol. The average Bonchev–Trinajstić information content (AvgIpc) is 2.96. The Morgan fingerprint density at radius 3 is 1.45 bits per heavy atom. The van der Waals surface area contributed by atoms with Crippen LogP contribution in [0.15, 0.2) is 24.3 Å². The van der Waals surface area contributed by atoms with Crippen LogP contribution in [0.3, 0.4) is 0 Å². The number of rotatable bonds is 12. The number of benzene rings is 1. The number of unbranched alkanes of at least 4 members (excludes halogenated alkanes) is 1. The molecule has 0 spiro atoms. The van der Waals surface area contributed by atoms with Crippen LogP contribution in [0.1, 0.15) is 96.6 Å². The van der Waals surface area contributed by atoms with Gasteiger partial charge < -0.3 is 35.7 Å². The Labute approximate surface area is 233 Å². The van der Waals surface area contributed by atoms with Gasteiger partial charge in [0.15, 0.2) is 0 Å². The minimum Gasteiger partial charge on any atom is -0.396 e. The largest absolute Gasteiger partial charge is 0.396 e. The molecule has 0 radical (unpaired) electrons. The van der Waals surface area contributed by atoms with Crippen LogP contribution in [-0.4, -0.2) is 82.0 Å². The van der Waals surface area contributed by atoms with Gasteiger partial charge in [-0.25, -0.2) is 0 Å². The smallest absolute Gasteiger partial charge is 0.0662 e. The van der Waals surface area contributed by atoms with Gasteiger partial charge in [0.2, 0.25) is 0 Å². The maximum atomic E-state index is 8.78. The lowest BCUT2D eigenvalue weighted by molar-refractivity contribution is 0.186. The highest BCUT2D eigenvalue weighted by Crippen LogP contribution is 2.32. The van der Waals surface area contributed by atoms with Gasteiger partial charge in [0, 0.05) is 33.0 Å². The molecule has 1 aromatic rings. The molecular formula is C31H62O7. The molecule has 228 valence electrons. The third-order valence-corrected chi connectivity index (χ3v) is 6.45. The van der Waals surface area contributed by atoms with E-state index in [1.807, 2.05) is 31.2 Å². The third kappa shape index (κ3) is 29.5. The molecule has 1 aliphatic rings. The monoisotopic (exact) mass is 546 g/mol. The molecule has 7 nitrogen and oxygen atoms in total. The van der Waals surface area contributed by atoms with Crippen LogP contribution < -0.4 is 0 Å². The standard InChI is InChI=1S/C10H14O2.C10H20O.C5H12O.C4H10O.C2H6O2/c11-7-5-9-1-2-10(4-3-9)6-8-12;1-2-9-4-3-5-10(8-9)6-7-11;1-3-5(2)4-6;1-2-3-4-5;3-1-2-4/h1-4,11-12H,5-8H2;9-11H,2-8H2,1H3;5-6H,3-4H2,1-2H3;5H,2-4H2,1H3;3-4H,1-2H2. The van der Waals surface area contributed by atoms with Crippen molar-refractivity contribution < 1.29 is 35.7 Å². The zero-order valence-corrected chi connectivity index (χ0v) is 24.9. The first-order chi connectivity index (χ1) is 18.4. The Morgan fingerprint density at radius 2 is 1.18 bits per heavy atom. The van der Waals surface area contributed by atoms with E-state index in [0.29, 0.717) is 38.6 Å². The van der Waals surface area contributed by atoms with E-state index in [-0.39, 0.29) is 26.4 Å². The molecule has 7 heteroatoms. The van der Waals surface area contributed by atoms with Gasteiger partial charge in [0.1, 0.15) is 0 Å². The molecular weight excluding hydrogens is 484 g/mol. The topological polar surface area (TPSA) is 142 Å². The molecule has 0 bridgehead atoms. The van der Waals surface area contributed by atoms with Crippen LogP contribution in [0, 0.1) is 17.8 Å². The van der Waals surface area contributed by atoms with Crippen molar-refractivity contribution >= 4 is 0 Å². The molecule has 3 atom stereocenters. The molecule has 0 aliphatic heterocycles. The van der Waals surface area contributed by atoms with Crippen molar-refractivity contribution in [2.45, 2.75) is 98.3 Å². The Balaban J connectivity index is -0.000000432. The Bertz CT molecular complexity index is 505. The van der Waals surface area contributed by atoms with E-state index in [0.717, 1.165) is 48.6 Å². The first-order valence-corrected chi connectivity index (χ1v) is 14.7. The first kappa shape index (κ1) is 41.4. The van der Waals surface area contributed by atoms with E-state index in [4.69, 9.17) is 35.7 Å². The van der Waals surface area contributed by atoms with Gasteiger partial charge in [0.05, 0.1) is 13.2 Å². The molecule has 0 heterocycles. The first-order valence-electron chi connectivity index (χ1n) is 14.7. The number of aliphatic hydroxyl groups is 7. The van der Waals surface area contributed by atoms with Crippen molar-refractivity contribution in [2.24, 2.45) is 17.8 Å². The van der Waals surface area contributed by atoms with Gasteiger partial charge in [-0.2, -0.15) is 0 Å². The van der Waals surface area contributed by atoms with Crippen LogP contribution in [0.5, 0.6) is 0 Å². The summed E-state index contributed by atoms with van der Waals surface area (Å²) in [4.78, 5) is 0. The van der Waals surface area contributed by atoms with Crippen molar-refractivity contribution in [1.82, 2.24) is 0 Å². The van der Waals surface area contributed by atoms with Gasteiger partial charge in [0.25, 0.3) is 0 Å². The zero-order chi connectivity index (χ0) is 29.4. The van der Waals surface area contributed by atoms with E-state index < -0.39 is 0 Å². The molecule has 3 unspecified atom stereocenters. The molecule has 7 N–H and O–H groups in total. The second-order valence-corrected chi connectivity index (χ2v) is 9.80. The summed E-state index contributed by atoms with van der Waals surface area (Å²) in [6, 6.07) is 7.95. The van der Waals surface area contributed by atoms with Crippen molar-refractivity contribution in [2.75, 3.05) is 46.2 Å². The maximum absolute atomic E-state index is 8.78. The predicted octanol–water partition coefficient (Wildman–Crippen LogP) is 4.12. The van der Waals surface area contributed by atoms with Gasteiger partial charge in [-0.1, -0.05) is 90.5 Å². The van der Waals surface area contributed by atoms with Crippen LogP contribution in [0.4, 0.5) is 0 Å². The predicted molar refractivity (Wildman–Crippen MR) is 158 cm³/mol. The second kappa shape index (κ2) is 34.0. The molecule has 1 fully saturated rings. The van der Waals surface area contributed by atoms with E-state index in [1.54, 1.807) is 0 Å². The van der Waals surface area contributed by atoms with Crippen LogP contribution in [-0.2, 0) is 12.8 Å². The van der Waals surface area contributed by atoms with E-state index in [9.17, 15) is 0 Å². The van der Waals surface area contributed by atoms with Crippen molar-refractivity contribution in [3.8, 4) is 0 Å². The lowest BCUT2D eigenvalue weighted by atomic mass is 9.79. The van der Waals surface area contributed by atoms with Crippen LogP contribution >= 0.6 is 0 Å². The quantitative estimate of drug-likeness (QED) is 0.209. The molecule has 1 aliphatic carbocycles. The summed E-state index contributed by atoms with van der Waals surface area (Å²) in [6.07, 6.45) is 12.5. The summed E-state index contributed by atoms with van der Waals surface area (Å²) in [5.41, 5.74) is 2.28. The zero-order valence-electron chi connectivity index (χ0n) is 24.9. The fourth-order valence-electron chi connectivity index (χ4n) is 3.64. The van der Waals surface area contributed by atoms with Crippen LogP contribution in [0.2, 0.25) is 0 Å². The number of hydrogen-bond donors (Lipinski definition) is 7. The van der Waals surface area contributed by atoms with Gasteiger partial charge in [-0.15, -0.1) is 0 Å². The summed E-state index contributed by atoms with van der Waals surface area (Å²) >= 11 is 0. The van der Waals surface area contributed by atoms with E-state index >= 15 is 0 Å². The Hall–Kier alpha value is -1.06. The van der Waals surface area contributed by atoms with E-state index in [1.165, 1.54) is 32.1 Å². The SMILES string of the molecule is CCC(C)CO.CCC1CCCC(CCO)C1.CCCCO.OCCO.OCCc1ccc(CCO)cc1. The highest BCUT2D eigenvalue weighted by atomic mass is 16.3. The summed E-state index contributed by atoms with van der Waals surface area (Å²) in [7, 11) is 0. The molecule has 1 saturated carbocycles. The summed E-state index contributed by atoms with van der Waals surface area (Å²) in [5, 5.41) is 57.7. The molecule has 1 aromatic carbocycles. The van der Waals surface area contributed by atoms with Crippen molar-refractivity contribution in [3.63, 3.8) is 0 Å². The minimum atomic E-state index is -0.125. The summed E-state index contributed by atoms with van der Waals surface area (Å²) in [5.74, 6) is 2.28. The second-order valence-electron chi connectivity index (χ2n) is 9.80. The highest BCUT2D eigenvalue weighted by Gasteiger charge is 2.19. The normalized spacial score (nSPS) is 16.7. The minimum absolute atomic E-state index is 0.125. The highest BCUT2D eigenvalue weighted by molar-refractivity contribution is 5.22. The van der Waals surface area contributed by atoms with Gasteiger partial charge in [-0.05, 0) is 61.0 Å². The maximum Gasteiger partial charge on any atom is 0.0662 e. The third-order valence-electron chi connectivity index (χ3n) is 6.45. The Morgan fingerprint density at radius 1 is 0.684 bits per heavy atom. The number of aliphatic hydroxyl groups excluding tert-OH is 7. The van der Waals surface area contributed by atoms with Crippen LogP contribution in [0.25, 0.3) is 0 Å². The summed E-state index contributed by atoms with van der Waals surface area (Å²) in [6.45, 7) is 9.63. The number of hydrogen-bond acceptors (Lipinski definition) is 7. The Kier molecular flexibility index (Phi) is 37.0. The lowest BCUT2D eigenvalue weighted by Crippen LogP contribution is -2.15. The molecule has 0 saturated heterocycles. The van der Waals surface area contributed by atoms with Crippen molar-refractivity contribution in [3.05, 3.63) is 35.4 Å². The fourth-order valence-corrected chi connectivity index (χ4v) is 3.64. The fraction of sp³-hybridized carbons (Fsp3) is 0.806. The van der Waals surface area contributed by atoms with Gasteiger partial charge in [-0.3, -0.25) is 0 Å².